The number of carbonyl (C=O) groups is 2. The van der Waals surface area contributed by atoms with Crippen LogP contribution >= 0.6 is 12.2 Å². The molecule has 1 aliphatic heterocycles. The summed E-state index contributed by atoms with van der Waals surface area (Å²) in [6, 6.07) is 17.1. The number of amides is 1. The summed E-state index contributed by atoms with van der Waals surface area (Å²) in [6.07, 6.45) is 0.865. The lowest BCUT2D eigenvalue weighted by Crippen LogP contribution is -2.46. The Labute approximate surface area is 205 Å². The van der Waals surface area contributed by atoms with Crippen LogP contribution in [-0.4, -0.2) is 49.3 Å². The van der Waals surface area contributed by atoms with E-state index >= 15 is 0 Å². The molecule has 3 unspecified atom stereocenters. The van der Waals surface area contributed by atoms with Gasteiger partial charge in [-0.2, -0.15) is 0 Å². The molecule has 0 spiro atoms. The van der Waals surface area contributed by atoms with Crippen molar-refractivity contribution in [2.24, 2.45) is 5.92 Å². The average molecular weight is 480 g/mol. The molecule has 8 heteroatoms. The zero-order valence-electron chi connectivity index (χ0n) is 19.5. The minimum Gasteiger partial charge on any atom is -0.460 e. The average Bonchev–Trinajstić information content (AvgIpc) is 3.65. The Morgan fingerprint density at radius 2 is 1.79 bits per heavy atom. The highest BCUT2D eigenvalue weighted by atomic mass is 32.1. The largest absolute Gasteiger partial charge is 0.460 e. The number of nitrogens with zero attached hydrogens (tertiary/aromatic N) is 1. The highest BCUT2D eigenvalue weighted by Crippen LogP contribution is 2.47. The molecule has 1 amide bonds. The number of rotatable bonds is 8. The summed E-state index contributed by atoms with van der Waals surface area (Å²) < 4.78 is 10.4. The number of nitrogens with one attached hydrogen (secondary N) is 2. The maximum atomic E-state index is 12.9. The monoisotopic (exact) mass is 479 g/mol. The molecule has 1 aliphatic carbocycles. The summed E-state index contributed by atoms with van der Waals surface area (Å²) >= 11 is 5.45. The number of thiocarbonyl (C=S) groups is 1. The maximum absolute atomic E-state index is 12.9. The van der Waals surface area contributed by atoms with E-state index in [-0.39, 0.29) is 24.3 Å². The molecule has 34 heavy (non-hydrogen) atoms. The highest BCUT2D eigenvalue weighted by molar-refractivity contribution is 7.80. The van der Waals surface area contributed by atoms with Crippen LogP contribution in [0.25, 0.3) is 0 Å². The number of ether oxygens (including phenoxy) is 2. The van der Waals surface area contributed by atoms with Crippen molar-refractivity contribution in [1.29, 1.82) is 0 Å². The second-order valence-corrected chi connectivity index (χ2v) is 8.93. The molecule has 0 radical (unpaired) electrons. The van der Waals surface area contributed by atoms with Crippen molar-refractivity contribution in [3.63, 3.8) is 0 Å². The van der Waals surface area contributed by atoms with Crippen molar-refractivity contribution in [1.82, 2.24) is 10.2 Å². The number of methoxy groups -OCH3 is 1. The molecular weight excluding hydrogens is 450 g/mol. The van der Waals surface area contributed by atoms with E-state index in [9.17, 15) is 9.59 Å². The first-order valence-electron chi connectivity index (χ1n) is 11.3. The van der Waals surface area contributed by atoms with Crippen LogP contribution < -0.4 is 10.6 Å². The van der Waals surface area contributed by atoms with Crippen molar-refractivity contribution in [2.45, 2.75) is 25.3 Å². The van der Waals surface area contributed by atoms with Gasteiger partial charge in [-0.15, -0.1) is 0 Å². The minimum atomic E-state index is -0.450. The van der Waals surface area contributed by atoms with E-state index in [1.54, 1.807) is 12.0 Å². The SMILES string of the molecule is COCCOC(=O)C1=C(C)N(C)C(=S)NC1c1ccc(NC(=O)C2CC2c2ccccc2)cc1. The van der Waals surface area contributed by atoms with Crippen LogP contribution in [-0.2, 0) is 19.1 Å². The Balaban J connectivity index is 1.46. The summed E-state index contributed by atoms with van der Waals surface area (Å²) in [5.74, 6) is -0.114. The predicted molar refractivity (Wildman–Crippen MR) is 134 cm³/mol. The molecule has 2 N–H and O–H groups in total. The van der Waals surface area contributed by atoms with E-state index < -0.39 is 12.0 Å². The third-order valence-corrected chi connectivity index (χ3v) is 6.75. The quantitative estimate of drug-likeness (QED) is 0.339. The van der Waals surface area contributed by atoms with Gasteiger partial charge >= 0.3 is 5.97 Å². The number of benzene rings is 2. The molecule has 0 aromatic heterocycles. The van der Waals surface area contributed by atoms with E-state index in [1.807, 2.05) is 56.4 Å². The van der Waals surface area contributed by atoms with Gasteiger partial charge in [-0.05, 0) is 54.7 Å². The van der Waals surface area contributed by atoms with Gasteiger partial charge in [-0.3, -0.25) is 4.79 Å². The molecule has 1 fully saturated rings. The number of carbonyl (C=O) groups excluding carboxylic acids is 2. The number of anilines is 1. The summed E-state index contributed by atoms with van der Waals surface area (Å²) in [5.41, 5.74) is 3.99. The fourth-order valence-corrected chi connectivity index (χ4v) is 4.45. The maximum Gasteiger partial charge on any atom is 0.338 e. The van der Waals surface area contributed by atoms with Crippen molar-refractivity contribution in [2.75, 3.05) is 32.7 Å². The molecule has 2 aromatic rings. The van der Waals surface area contributed by atoms with E-state index in [0.717, 1.165) is 17.7 Å². The van der Waals surface area contributed by atoms with E-state index in [0.29, 0.717) is 23.0 Å². The summed E-state index contributed by atoms with van der Waals surface area (Å²) in [4.78, 5) is 27.3. The number of hydrogen-bond donors (Lipinski definition) is 2. The van der Waals surface area contributed by atoms with Gasteiger partial charge in [0.05, 0.1) is 18.2 Å². The third-order valence-electron chi connectivity index (χ3n) is 6.36. The van der Waals surface area contributed by atoms with Crippen LogP contribution in [0, 0.1) is 5.92 Å². The second kappa shape index (κ2) is 10.4. The summed E-state index contributed by atoms with van der Waals surface area (Å²) in [6.45, 7) is 2.34. The fourth-order valence-electron chi connectivity index (χ4n) is 4.19. The van der Waals surface area contributed by atoms with Gasteiger partial charge in [0.2, 0.25) is 5.91 Å². The van der Waals surface area contributed by atoms with Gasteiger partial charge in [-0.25, -0.2) is 4.79 Å². The van der Waals surface area contributed by atoms with Crippen molar-refractivity contribution in [3.05, 3.63) is 77.0 Å². The molecule has 1 heterocycles. The van der Waals surface area contributed by atoms with Crippen LogP contribution in [0.5, 0.6) is 0 Å². The molecular formula is C26H29N3O4S. The number of hydrogen-bond acceptors (Lipinski definition) is 5. The molecule has 0 bridgehead atoms. The Kier molecular flexibility index (Phi) is 7.29. The lowest BCUT2D eigenvalue weighted by molar-refractivity contribution is -0.140. The van der Waals surface area contributed by atoms with E-state index in [1.165, 1.54) is 5.56 Å². The standard InChI is InChI=1S/C26H29N3O4S/c1-16-22(25(31)33-14-13-32-3)23(28-26(34)29(16)2)18-9-11-19(12-10-18)27-24(30)21-15-20(21)17-7-5-4-6-8-17/h4-12,20-21,23H,13-15H2,1-3H3,(H,27,30)(H,28,34). The van der Waals surface area contributed by atoms with Crippen LogP contribution in [0.4, 0.5) is 5.69 Å². The highest BCUT2D eigenvalue weighted by Gasteiger charge is 2.43. The molecule has 2 aromatic carbocycles. The smallest absolute Gasteiger partial charge is 0.338 e. The Morgan fingerprint density at radius 1 is 1.09 bits per heavy atom. The first kappa shape index (κ1) is 23.9. The predicted octanol–water partition coefficient (Wildman–Crippen LogP) is 3.75. The number of allylic oxidation sites excluding steroid dienone is 1. The first-order chi connectivity index (χ1) is 16.4. The Morgan fingerprint density at radius 3 is 2.47 bits per heavy atom. The van der Waals surface area contributed by atoms with E-state index in [4.69, 9.17) is 21.7 Å². The topological polar surface area (TPSA) is 79.9 Å². The summed E-state index contributed by atoms with van der Waals surface area (Å²) in [7, 11) is 3.36. The molecule has 0 saturated heterocycles. The van der Waals surface area contributed by atoms with E-state index in [2.05, 4.69) is 22.8 Å². The van der Waals surface area contributed by atoms with Gasteiger partial charge < -0.3 is 25.0 Å². The fraction of sp³-hybridized carbons (Fsp3) is 0.346. The Hall–Kier alpha value is -3.23. The van der Waals surface area contributed by atoms with Crippen LogP contribution in [0.15, 0.2) is 65.9 Å². The molecule has 2 aliphatic rings. The zero-order chi connectivity index (χ0) is 24.2. The van der Waals surface area contributed by atoms with Crippen molar-refractivity contribution < 1.29 is 19.1 Å². The van der Waals surface area contributed by atoms with Crippen LogP contribution in [0.1, 0.15) is 36.4 Å². The minimum absolute atomic E-state index is 0.00551. The first-order valence-corrected chi connectivity index (χ1v) is 11.7. The molecule has 1 saturated carbocycles. The van der Waals surface area contributed by atoms with Gasteiger partial charge in [0, 0.05) is 31.5 Å². The second-order valence-electron chi connectivity index (χ2n) is 8.54. The van der Waals surface area contributed by atoms with Gasteiger partial charge in [-0.1, -0.05) is 42.5 Å². The lowest BCUT2D eigenvalue weighted by atomic mass is 9.95. The van der Waals surface area contributed by atoms with Crippen molar-refractivity contribution in [3.8, 4) is 0 Å². The Bertz CT molecular complexity index is 1100. The third kappa shape index (κ3) is 5.13. The summed E-state index contributed by atoms with van der Waals surface area (Å²) in [5, 5.41) is 6.76. The van der Waals surface area contributed by atoms with Crippen LogP contribution in [0.3, 0.4) is 0 Å². The molecule has 178 valence electrons. The van der Waals surface area contributed by atoms with Gasteiger partial charge in [0.25, 0.3) is 0 Å². The normalized spacial score (nSPS) is 21.7. The van der Waals surface area contributed by atoms with Gasteiger partial charge in [0.1, 0.15) is 6.61 Å². The molecule has 4 rings (SSSR count). The van der Waals surface area contributed by atoms with Gasteiger partial charge in [0.15, 0.2) is 5.11 Å². The zero-order valence-corrected chi connectivity index (χ0v) is 20.4. The number of esters is 1. The van der Waals surface area contributed by atoms with Crippen LogP contribution in [0.2, 0.25) is 0 Å². The lowest BCUT2D eigenvalue weighted by Gasteiger charge is -2.35. The molecule has 3 atom stereocenters. The molecule has 7 nitrogen and oxygen atoms in total. The van der Waals surface area contributed by atoms with Crippen molar-refractivity contribution >= 4 is 34.9 Å².